The van der Waals surface area contributed by atoms with Crippen LogP contribution in [-0.2, 0) is 11.3 Å². The average molecular weight is 315 g/mol. The van der Waals surface area contributed by atoms with Gasteiger partial charge in [0.1, 0.15) is 12.2 Å². The smallest absolute Gasteiger partial charge is 0.267 e. The van der Waals surface area contributed by atoms with Crippen LogP contribution in [0.1, 0.15) is 32.1 Å². The molecule has 0 N–H and O–H groups in total. The van der Waals surface area contributed by atoms with Crippen molar-refractivity contribution < 1.29 is 9.21 Å². The Morgan fingerprint density at radius 3 is 2.78 bits per heavy atom. The highest BCUT2D eigenvalue weighted by molar-refractivity contribution is 5.76. The lowest BCUT2D eigenvalue weighted by Crippen LogP contribution is -2.41. The SMILES string of the molecule is CN(C(=O)Cn1nc(-c2ccco2)ccc1=O)C1CCCCC1. The topological polar surface area (TPSA) is 68.3 Å². The lowest BCUT2D eigenvalue weighted by Gasteiger charge is -2.31. The second kappa shape index (κ2) is 6.81. The lowest BCUT2D eigenvalue weighted by molar-refractivity contribution is -0.133. The number of hydrogen-bond donors (Lipinski definition) is 0. The van der Waals surface area contributed by atoms with Crippen molar-refractivity contribution in [1.82, 2.24) is 14.7 Å². The first-order valence-electron chi connectivity index (χ1n) is 8.03. The van der Waals surface area contributed by atoms with Crippen molar-refractivity contribution in [2.24, 2.45) is 0 Å². The minimum atomic E-state index is -0.286. The van der Waals surface area contributed by atoms with Gasteiger partial charge < -0.3 is 9.32 Å². The molecular formula is C17H21N3O3. The minimum Gasteiger partial charge on any atom is -0.463 e. The summed E-state index contributed by atoms with van der Waals surface area (Å²) in [5.74, 6) is 0.495. The first-order valence-corrected chi connectivity index (χ1v) is 8.03. The summed E-state index contributed by atoms with van der Waals surface area (Å²) in [6.45, 7) is -0.0413. The molecule has 1 saturated carbocycles. The third-order valence-corrected chi connectivity index (χ3v) is 4.44. The van der Waals surface area contributed by atoms with Crippen LogP contribution in [0.4, 0.5) is 0 Å². The molecular weight excluding hydrogens is 294 g/mol. The Bertz CT molecular complexity index is 715. The molecule has 0 bridgehead atoms. The molecule has 0 saturated heterocycles. The van der Waals surface area contributed by atoms with Gasteiger partial charge in [0.2, 0.25) is 5.91 Å². The van der Waals surface area contributed by atoms with Gasteiger partial charge in [-0.2, -0.15) is 5.10 Å². The van der Waals surface area contributed by atoms with Gasteiger partial charge in [-0.3, -0.25) is 9.59 Å². The fourth-order valence-corrected chi connectivity index (χ4v) is 3.03. The van der Waals surface area contributed by atoms with Crippen molar-refractivity contribution in [2.75, 3.05) is 7.05 Å². The number of rotatable bonds is 4. The monoisotopic (exact) mass is 315 g/mol. The van der Waals surface area contributed by atoms with E-state index in [1.165, 1.54) is 17.2 Å². The highest BCUT2D eigenvalue weighted by Crippen LogP contribution is 2.21. The third kappa shape index (κ3) is 3.52. The molecule has 0 spiro atoms. The zero-order chi connectivity index (χ0) is 16.2. The number of nitrogens with zero attached hydrogens (tertiary/aromatic N) is 3. The van der Waals surface area contributed by atoms with Crippen LogP contribution in [0.15, 0.2) is 39.7 Å². The summed E-state index contributed by atoms with van der Waals surface area (Å²) >= 11 is 0. The average Bonchev–Trinajstić information content (AvgIpc) is 3.11. The Kier molecular flexibility index (Phi) is 4.60. The molecule has 0 unspecified atom stereocenters. The molecule has 0 aromatic carbocycles. The van der Waals surface area contributed by atoms with Gasteiger partial charge in [-0.15, -0.1) is 0 Å². The van der Waals surface area contributed by atoms with Crippen LogP contribution in [-0.4, -0.2) is 33.7 Å². The molecule has 1 aliphatic carbocycles. The van der Waals surface area contributed by atoms with Gasteiger partial charge in [-0.05, 0) is 31.0 Å². The molecule has 2 aromatic heterocycles. The number of amides is 1. The summed E-state index contributed by atoms with van der Waals surface area (Å²) in [5, 5.41) is 4.25. The van der Waals surface area contributed by atoms with Crippen molar-refractivity contribution in [3.63, 3.8) is 0 Å². The maximum absolute atomic E-state index is 12.5. The number of carbonyl (C=O) groups excluding carboxylic acids is 1. The van der Waals surface area contributed by atoms with Crippen LogP contribution in [0, 0.1) is 0 Å². The molecule has 0 atom stereocenters. The van der Waals surface area contributed by atoms with Crippen molar-refractivity contribution in [3.8, 4) is 11.5 Å². The highest BCUT2D eigenvalue weighted by atomic mass is 16.3. The van der Waals surface area contributed by atoms with Crippen molar-refractivity contribution in [2.45, 2.75) is 44.7 Å². The summed E-state index contributed by atoms with van der Waals surface area (Å²) in [7, 11) is 1.82. The van der Waals surface area contributed by atoms with E-state index in [0.717, 1.165) is 25.7 Å². The Hall–Kier alpha value is -2.37. The van der Waals surface area contributed by atoms with E-state index < -0.39 is 0 Å². The molecule has 23 heavy (non-hydrogen) atoms. The molecule has 1 amide bonds. The number of carbonyl (C=O) groups is 1. The molecule has 0 aliphatic heterocycles. The molecule has 1 fully saturated rings. The zero-order valence-electron chi connectivity index (χ0n) is 13.3. The van der Waals surface area contributed by atoms with Gasteiger partial charge in [-0.1, -0.05) is 19.3 Å². The lowest BCUT2D eigenvalue weighted by atomic mass is 9.94. The second-order valence-corrected chi connectivity index (χ2v) is 5.99. The molecule has 2 aromatic rings. The van der Waals surface area contributed by atoms with Crippen LogP contribution in [0.3, 0.4) is 0 Å². The van der Waals surface area contributed by atoms with E-state index in [1.54, 1.807) is 29.4 Å². The zero-order valence-corrected chi connectivity index (χ0v) is 13.3. The molecule has 122 valence electrons. The summed E-state index contributed by atoms with van der Waals surface area (Å²) in [6, 6.07) is 6.83. The van der Waals surface area contributed by atoms with Crippen molar-refractivity contribution in [1.29, 1.82) is 0 Å². The maximum Gasteiger partial charge on any atom is 0.267 e. The van der Waals surface area contributed by atoms with E-state index in [2.05, 4.69) is 5.10 Å². The fraction of sp³-hybridized carbons (Fsp3) is 0.471. The van der Waals surface area contributed by atoms with E-state index in [0.29, 0.717) is 11.5 Å². The van der Waals surface area contributed by atoms with E-state index in [1.807, 2.05) is 7.05 Å². The summed E-state index contributed by atoms with van der Waals surface area (Å²) < 4.78 is 6.50. The Morgan fingerprint density at radius 1 is 1.30 bits per heavy atom. The predicted octanol–water partition coefficient (Wildman–Crippen LogP) is 2.29. The van der Waals surface area contributed by atoms with E-state index >= 15 is 0 Å². The molecule has 6 heteroatoms. The standard InChI is InChI=1S/C17H21N3O3/c1-19(13-6-3-2-4-7-13)17(22)12-20-16(21)10-9-14(18-20)15-8-5-11-23-15/h5,8-11,13H,2-4,6-7,12H2,1H3. The van der Waals surface area contributed by atoms with E-state index in [9.17, 15) is 9.59 Å². The van der Waals surface area contributed by atoms with Crippen molar-refractivity contribution >= 4 is 5.91 Å². The van der Waals surface area contributed by atoms with Gasteiger partial charge in [0.15, 0.2) is 5.76 Å². The number of furan rings is 1. The van der Waals surface area contributed by atoms with E-state index in [4.69, 9.17) is 4.42 Å². The first-order chi connectivity index (χ1) is 11.1. The summed E-state index contributed by atoms with van der Waals surface area (Å²) in [5.41, 5.74) is 0.258. The van der Waals surface area contributed by atoms with Crippen LogP contribution in [0.5, 0.6) is 0 Å². The van der Waals surface area contributed by atoms with Crippen LogP contribution < -0.4 is 5.56 Å². The third-order valence-electron chi connectivity index (χ3n) is 4.44. The Morgan fingerprint density at radius 2 is 2.09 bits per heavy atom. The normalized spacial score (nSPS) is 15.5. The fourth-order valence-electron chi connectivity index (χ4n) is 3.03. The predicted molar refractivity (Wildman–Crippen MR) is 85.8 cm³/mol. The minimum absolute atomic E-state index is 0.0413. The van der Waals surface area contributed by atoms with Gasteiger partial charge in [-0.25, -0.2) is 4.68 Å². The maximum atomic E-state index is 12.5. The van der Waals surface area contributed by atoms with Gasteiger partial charge >= 0.3 is 0 Å². The first kappa shape index (κ1) is 15.5. The quantitative estimate of drug-likeness (QED) is 0.868. The number of likely N-dealkylation sites (N-methyl/N-ethyl adjacent to an activating group) is 1. The Balaban J connectivity index is 1.75. The molecule has 2 heterocycles. The van der Waals surface area contributed by atoms with Crippen LogP contribution >= 0.6 is 0 Å². The van der Waals surface area contributed by atoms with E-state index in [-0.39, 0.29) is 24.1 Å². The van der Waals surface area contributed by atoms with Gasteiger partial charge in [0, 0.05) is 19.2 Å². The number of hydrogen-bond acceptors (Lipinski definition) is 4. The molecule has 3 rings (SSSR count). The summed E-state index contributed by atoms with van der Waals surface area (Å²) in [6.07, 6.45) is 7.19. The van der Waals surface area contributed by atoms with Gasteiger partial charge in [0.25, 0.3) is 5.56 Å². The molecule has 1 aliphatic rings. The van der Waals surface area contributed by atoms with Crippen LogP contribution in [0.2, 0.25) is 0 Å². The molecule has 6 nitrogen and oxygen atoms in total. The molecule has 0 radical (unpaired) electrons. The Labute approximate surface area is 134 Å². The summed E-state index contributed by atoms with van der Waals surface area (Å²) in [4.78, 5) is 26.2. The largest absolute Gasteiger partial charge is 0.463 e. The van der Waals surface area contributed by atoms with Crippen LogP contribution in [0.25, 0.3) is 11.5 Å². The highest BCUT2D eigenvalue weighted by Gasteiger charge is 2.22. The second-order valence-electron chi connectivity index (χ2n) is 5.99. The van der Waals surface area contributed by atoms with Crippen molar-refractivity contribution in [3.05, 3.63) is 40.9 Å². The van der Waals surface area contributed by atoms with Gasteiger partial charge in [0.05, 0.1) is 6.26 Å². The number of aromatic nitrogens is 2.